The van der Waals surface area contributed by atoms with E-state index in [0.717, 1.165) is 11.4 Å². The molecule has 0 aliphatic heterocycles. The van der Waals surface area contributed by atoms with Crippen molar-refractivity contribution in [2.75, 3.05) is 6.54 Å². The standard InChI is InChI=1S/C12H16N2O/c1-4-12(15)14(5-2)9-11-8-6-7-10(3)13-11/h4,6-8H,1,5,9H2,2-3H3. The maximum Gasteiger partial charge on any atom is 0.246 e. The summed E-state index contributed by atoms with van der Waals surface area (Å²) in [6.45, 7) is 8.57. The predicted octanol–water partition coefficient (Wildman–Crippen LogP) is 1.92. The lowest BCUT2D eigenvalue weighted by molar-refractivity contribution is -0.126. The van der Waals surface area contributed by atoms with E-state index in [1.165, 1.54) is 6.08 Å². The first-order valence-electron chi connectivity index (χ1n) is 5.01. The molecule has 0 saturated carbocycles. The molecule has 0 aliphatic carbocycles. The number of carbonyl (C=O) groups excluding carboxylic acids is 1. The molecule has 0 aromatic carbocycles. The van der Waals surface area contributed by atoms with Gasteiger partial charge in [0.2, 0.25) is 5.91 Å². The van der Waals surface area contributed by atoms with Gasteiger partial charge < -0.3 is 4.90 Å². The summed E-state index contributed by atoms with van der Waals surface area (Å²) in [6.07, 6.45) is 1.33. The molecule has 1 heterocycles. The van der Waals surface area contributed by atoms with Crippen LogP contribution in [0.1, 0.15) is 18.3 Å². The number of carbonyl (C=O) groups is 1. The first-order chi connectivity index (χ1) is 7.17. The fourth-order valence-electron chi connectivity index (χ4n) is 1.36. The SMILES string of the molecule is C=CC(=O)N(CC)Cc1cccc(C)n1. The van der Waals surface area contributed by atoms with E-state index in [0.29, 0.717) is 13.1 Å². The molecule has 0 radical (unpaired) electrons. The molecule has 0 saturated heterocycles. The average molecular weight is 204 g/mol. The minimum absolute atomic E-state index is 0.0548. The largest absolute Gasteiger partial charge is 0.334 e. The third-order valence-electron chi connectivity index (χ3n) is 2.17. The fraction of sp³-hybridized carbons (Fsp3) is 0.333. The second kappa shape index (κ2) is 5.29. The molecule has 1 rings (SSSR count). The van der Waals surface area contributed by atoms with Crippen molar-refractivity contribution in [1.29, 1.82) is 0 Å². The molecule has 1 aromatic rings. The van der Waals surface area contributed by atoms with Crippen LogP contribution in [0.4, 0.5) is 0 Å². The zero-order valence-corrected chi connectivity index (χ0v) is 9.23. The normalized spacial score (nSPS) is 9.73. The van der Waals surface area contributed by atoms with Gasteiger partial charge in [0.1, 0.15) is 0 Å². The Hall–Kier alpha value is -1.64. The first kappa shape index (κ1) is 11.4. The Morgan fingerprint density at radius 2 is 2.33 bits per heavy atom. The zero-order chi connectivity index (χ0) is 11.3. The summed E-state index contributed by atoms with van der Waals surface area (Å²) < 4.78 is 0. The summed E-state index contributed by atoms with van der Waals surface area (Å²) in [6, 6.07) is 5.81. The smallest absolute Gasteiger partial charge is 0.246 e. The van der Waals surface area contributed by atoms with Gasteiger partial charge in [-0.1, -0.05) is 12.6 Å². The van der Waals surface area contributed by atoms with Crippen molar-refractivity contribution in [2.24, 2.45) is 0 Å². The van der Waals surface area contributed by atoms with E-state index in [-0.39, 0.29) is 5.91 Å². The Morgan fingerprint density at radius 3 is 2.87 bits per heavy atom. The van der Waals surface area contributed by atoms with Gasteiger partial charge >= 0.3 is 0 Å². The number of amides is 1. The van der Waals surface area contributed by atoms with Crippen molar-refractivity contribution in [3.8, 4) is 0 Å². The minimum atomic E-state index is -0.0548. The number of aryl methyl sites for hydroxylation is 1. The molecular formula is C12H16N2O. The molecule has 3 nitrogen and oxygen atoms in total. The minimum Gasteiger partial charge on any atom is -0.334 e. The Balaban J connectivity index is 2.75. The summed E-state index contributed by atoms with van der Waals surface area (Å²) in [4.78, 5) is 17.5. The van der Waals surface area contributed by atoms with Crippen LogP contribution in [0.25, 0.3) is 0 Å². The Morgan fingerprint density at radius 1 is 1.60 bits per heavy atom. The summed E-state index contributed by atoms with van der Waals surface area (Å²) in [5.74, 6) is -0.0548. The van der Waals surface area contributed by atoms with E-state index in [1.54, 1.807) is 4.90 Å². The van der Waals surface area contributed by atoms with E-state index in [1.807, 2.05) is 32.0 Å². The highest BCUT2D eigenvalue weighted by Gasteiger charge is 2.08. The Bertz CT molecular complexity index is 360. The average Bonchev–Trinajstić information content (AvgIpc) is 2.25. The van der Waals surface area contributed by atoms with E-state index < -0.39 is 0 Å². The molecular weight excluding hydrogens is 188 g/mol. The third kappa shape index (κ3) is 3.20. The molecule has 1 amide bonds. The van der Waals surface area contributed by atoms with Gasteiger partial charge in [-0.25, -0.2) is 0 Å². The molecule has 0 fully saturated rings. The van der Waals surface area contributed by atoms with Crippen LogP contribution < -0.4 is 0 Å². The van der Waals surface area contributed by atoms with Crippen LogP contribution in [-0.2, 0) is 11.3 Å². The predicted molar refractivity (Wildman–Crippen MR) is 60.3 cm³/mol. The van der Waals surface area contributed by atoms with E-state index >= 15 is 0 Å². The summed E-state index contributed by atoms with van der Waals surface area (Å²) in [5.41, 5.74) is 1.88. The molecule has 15 heavy (non-hydrogen) atoms. The van der Waals surface area contributed by atoms with Crippen molar-refractivity contribution in [3.05, 3.63) is 42.2 Å². The molecule has 0 bridgehead atoms. The van der Waals surface area contributed by atoms with E-state index in [2.05, 4.69) is 11.6 Å². The van der Waals surface area contributed by atoms with Crippen molar-refractivity contribution in [2.45, 2.75) is 20.4 Å². The highest BCUT2D eigenvalue weighted by Crippen LogP contribution is 2.03. The van der Waals surface area contributed by atoms with E-state index in [9.17, 15) is 4.79 Å². The molecule has 80 valence electrons. The lowest BCUT2D eigenvalue weighted by Crippen LogP contribution is -2.28. The number of nitrogens with zero attached hydrogens (tertiary/aromatic N) is 2. The molecule has 0 spiro atoms. The maximum atomic E-state index is 11.4. The zero-order valence-electron chi connectivity index (χ0n) is 9.23. The molecule has 0 unspecified atom stereocenters. The van der Waals surface area contributed by atoms with Gasteiger partial charge in [0, 0.05) is 12.2 Å². The van der Waals surface area contributed by atoms with Gasteiger partial charge in [0.25, 0.3) is 0 Å². The topological polar surface area (TPSA) is 33.2 Å². The lowest BCUT2D eigenvalue weighted by atomic mass is 10.3. The van der Waals surface area contributed by atoms with Gasteiger partial charge in [0.05, 0.1) is 12.2 Å². The summed E-state index contributed by atoms with van der Waals surface area (Å²) >= 11 is 0. The maximum absolute atomic E-state index is 11.4. The van der Waals surface area contributed by atoms with Gasteiger partial charge in [-0.05, 0) is 32.1 Å². The third-order valence-corrected chi connectivity index (χ3v) is 2.17. The quantitative estimate of drug-likeness (QED) is 0.702. The Labute approximate surface area is 90.4 Å². The van der Waals surface area contributed by atoms with Gasteiger partial charge in [-0.15, -0.1) is 0 Å². The molecule has 3 heteroatoms. The van der Waals surface area contributed by atoms with Crippen molar-refractivity contribution >= 4 is 5.91 Å². The molecule has 0 aliphatic rings. The number of likely N-dealkylation sites (N-methyl/N-ethyl adjacent to an activating group) is 1. The van der Waals surface area contributed by atoms with Crippen LogP contribution in [0.2, 0.25) is 0 Å². The van der Waals surface area contributed by atoms with Crippen LogP contribution in [0.3, 0.4) is 0 Å². The number of hydrogen-bond donors (Lipinski definition) is 0. The van der Waals surface area contributed by atoms with Crippen molar-refractivity contribution in [3.63, 3.8) is 0 Å². The lowest BCUT2D eigenvalue weighted by Gasteiger charge is -2.18. The second-order valence-electron chi connectivity index (χ2n) is 3.33. The molecule has 0 atom stereocenters. The number of rotatable bonds is 4. The molecule has 0 N–H and O–H groups in total. The number of hydrogen-bond acceptors (Lipinski definition) is 2. The van der Waals surface area contributed by atoms with Gasteiger partial charge in [0.15, 0.2) is 0 Å². The van der Waals surface area contributed by atoms with Crippen LogP contribution >= 0.6 is 0 Å². The van der Waals surface area contributed by atoms with Crippen LogP contribution in [0.15, 0.2) is 30.9 Å². The first-order valence-corrected chi connectivity index (χ1v) is 5.01. The summed E-state index contributed by atoms with van der Waals surface area (Å²) in [5, 5.41) is 0. The number of aromatic nitrogens is 1. The summed E-state index contributed by atoms with van der Waals surface area (Å²) in [7, 11) is 0. The highest BCUT2D eigenvalue weighted by atomic mass is 16.2. The van der Waals surface area contributed by atoms with Crippen LogP contribution in [0.5, 0.6) is 0 Å². The van der Waals surface area contributed by atoms with Crippen LogP contribution in [-0.4, -0.2) is 22.3 Å². The van der Waals surface area contributed by atoms with Crippen molar-refractivity contribution in [1.82, 2.24) is 9.88 Å². The molecule has 1 aromatic heterocycles. The highest BCUT2D eigenvalue weighted by molar-refractivity contribution is 5.86. The van der Waals surface area contributed by atoms with Gasteiger partial charge in [-0.3, -0.25) is 9.78 Å². The monoisotopic (exact) mass is 204 g/mol. The van der Waals surface area contributed by atoms with E-state index in [4.69, 9.17) is 0 Å². The van der Waals surface area contributed by atoms with Crippen LogP contribution in [0, 0.1) is 6.92 Å². The van der Waals surface area contributed by atoms with Crippen molar-refractivity contribution < 1.29 is 4.79 Å². The fourth-order valence-corrected chi connectivity index (χ4v) is 1.36. The number of pyridine rings is 1. The Kier molecular flexibility index (Phi) is 4.03. The van der Waals surface area contributed by atoms with Gasteiger partial charge in [-0.2, -0.15) is 0 Å². The second-order valence-corrected chi connectivity index (χ2v) is 3.33.